The molecule has 37 heavy (non-hydrogen) atoms. The molecule has 4 aliphatic carbocycles. The highest BCUT2D eigenvalue weighted by atomic mass is 32.2. The highest BCUT2D eigenvalue weighted by molar-refractivity contribution is 7.87. The minimum atomic E-state index is -4.13. The maximum atomic E-state index is 14.2. The lowest BCUT2D eigenvalue weighted by molar-refractivity contribution is -0.159. The molecule has 0 unspecified atom stereocenters. The lowest BCUT2D eigenvalue weighted by Gasteiger charge is -2.56. The number of furan rings is 1. The monoisotopic (exact) mass is 523 g/mol. The zero-order valence-corrected chi connectivity index (χ0v) is 21.3. The Balaban J connectivity index is 1.24. The van der Waals surface area contributed by atoms with Crippen LogP contribution in [0, 0.1) is 29.0 Å². The van der Waals surface area contributed by atoms with Gasteiger partial charge in [-0.1, -0.05) is 12.1 Å². The summed E-state index contributed by atoms with van der Waals surface area (Å²) >= 11 is 0. The number of nitrogens with zero attached hydrogens (tertiary/aromatic N) is 1. The van der Waals surface area contributed by atoms with Gasteiger partial charge in [-0.25, -0.2) is 4.39 Å². The van der Waals surface area contributed by atoms with Gasteiger partial charge < -0.3 is 13.5 Å². The van der Waals surface area contributed by atoms with Crippen molar-refractivity contribution in [2.75, 3.05) is 0 Å². The molecule has 0 spiro atoms. The number of carbonyl (C=O) groups excluding carboxylic acids is 1. The Morgan fingerprint density at radius 2 is 1.62 bits per heavy atom. The van der Waals surface area contributed by atoms with Crippen molar-refractivity contribution in [1.82, 2.24) is 4.90 Å². The first-order valence-electron chi connectivity index (χ1n) is 12.9. The van der Waals surface area contributed by atoms with Gasteiger partial charge in [0, 0.05) is 6.54 Å². The fourth-order valence-electron chi connectivity index (χ4n) is 7.19. The molecule has 4 saturated carbocycles. The molecule has 1 heterocycles. The molecule has 4 fully saturated rings. The molecule has 8 heteroatoms. The van der Waals surface area contributed by atoms with E-state index in [-0.39, 0.29) is 22.0 Å². The van der Waals surface area contributed by atoms with Crippen LogP contribution in [0.4, 0.5) is 4.39 Å². The van der Waals surface area contributed by atoms with Crippen LogP contribution < -0.4 is 4.18 Å². The summed E-state index contributed by atoms with van der Waals surface area (Å²) in [4.78, 5) is 15.9. The quantitative estimate of drug-likeness (QED) is 0.342. The summed E-state index contributed by atoms with van der Waals surface area (Å²) in [5.41, 5.74) is 0.456. The average molecular weight is 524 g/mol. The van der Waals surface area contributed by atoms with Gasteiger partial charge in [-0.05, 0) is 110 Å². The highest BCUT2D eigenvalue weighted by Gasteiger charge is 2.55. The number of halogens is 1. The first-order chi connectivity index (χ1) is 17.8. The van der Waals surface area contributed by atoms with E-state index in [1.807, 2.05) is 23.1 Å². The Morgan fingerprint density at radius 3 is 2.24 bits per heavy atom. The molecule has 0 aliphatic heterocycles. The summed E-state index contributed by atoms with van der Waals surface area (Å²) in [6.45, 7) is 0.668. The van der Waals surface area contributed by atoms with Crippen LogP contribution in [0.5, 0.6) is 5.75 Å². The fourth-order valence-corrected chi connectivity index (χ4v) is 8.11. The van der Waals surface area contributed by atoms with E-state index >= 15 is 0 Å². The molecule has 6 nitrogen and oxygen atoms in total. The van der Waals surface area contributed by atoms with Crippen LogP contribution in [0.1, 0.15) is 49.8 Å². The van der Waals surface area contributed by atoms with Crippen molar-refractivity contribution < 1.29 is 26.2 Å². The van der Waals surface area contributed by atoms with Crippen LogP contribution in [0.15, 0.2) is 76.2 Å². The van der Waals surface area contributed by atoms with Crippen LogP contribution in [-0.4, -0.2) is 19.2 Å². The van der Waals surface area contributed by atoms with Gasteiger partial charge in [0.05, 0.1) is 18.2 Å². The molecule has 0 atom stereocenters. The fraction of sp³-hybridized carbons (Fsp3) is 0.414. The third-order valence-corrected chi connectivity index (χ3v) is 9.55. The van der Waals surface area contributed by atoms with Crippen molar-refractivity contribution in [3.8, 4) is 5.75 Å². The molecule has 0 radical (unpaired) electrons. The minimum Gasteiger partial charge on any atom is -0.467 e. The third kappa shape index (κ3) is 4.91. The van der Waals surface area contributed by atoms with Crippen molar-refractivity contribution >= 4 is 16.0 Å². The van der Waals surface area contributed by atoms with Crippen LogP contribution in [0.3, 0.4) is 0 Å². The van der Waals surface area contributed by atoms with E-state index in [4.69, 9.17) is 8.60 Å². The van der Waals surface area contributed by atoms with E-state index in [0.717, 1.165) is 37.0 Å². The van der Waals surface area contributed by atoms with Crippen LogP contribution in [-0.2, 0) is 28.0 Å². The Labute approximate surface area is 216 Å². The molecule has 7 rings (SSSR count). The van der Waals surface area contributed by atoms with E-state index in [9.17, 15) is 17.6 Å². The van der Waals surface area contributed by atoms with Crippen LogP contribution >= 0.6 is 0 Å². The SMILES string of the molecule is O=C(N(Cc1cccc(OS(=O)(=O)c2ccc(F)cc2)c1)Cc1ccco1)C12CC3CC(CC(C3)C1)C2. The first-order valence-corrected chi connectivity index (χ1v) is 14.3. The molecule has 194 valence electrons. The van der Waals surface area contributed by atoms with E-state index in [2.05, 4.69) is 0 Å². The number of rotatable bonds is 8. The van der Waals surface area contributed by atoms with Gasteiger partial charge >= 0.3 is 10.1 Å². The Bertz CT molecular complexity index is 1350. The van der Waals surface area contributed by atoms with Crippen molar-refractivity contribution in [3.05, 3.63) is 84.1 Å². The van der Waals surface area contributed by atoms with Crippen molar-refractivity contribution in [1.29, 1.82) is 0 Å². The van der Waals surface area contributed by atoms with Gasteiger partial charge in [0.2, 0.25) is 5.91 Å². The molecule has 1 aromatic heterocycles. The topological polar surface area (TPSA) is 76.8 Å². The number of amides is 1. The van der Waals surface area contributed by atoms with E-state index in [1.54, 1.807) is 24.5 Å². The normalized spacial score (nSPS) is 26.2. The zero-order valence-electron chi connectivity index (χ0n) is 20.5. The maximum absolute atomic E-state index is 14.2. The standard InChI is InChI=1S/C29H30FNO5S/c30-24-6-8-27(9-7-24)37(33,34)36-25-4-1-3-20(14-25)18-31(19-26-5-2-10-35-26)28(32)29-15-21-11-22(16-29)13-23(12-21)17-29/h1-10,14,21-23H,11-13,15-19H2. The Kier molecular flexibility index (Phi) is 6.10. The summed E-state index contributed by atoms with van der Waals surface area (Å²) in [6, 6.07) is 15.0. The smallest absolute Gasteiger partial charge is 0.339 e. The van der Waals surface area contributed by atoms with E-state index < -0.39 is 15.9 Å². The first kappa shape index (κ1) is 24.2. The summed E-state index contributed by atoms with van der Waals surface area (Å²) in [6.07, 6.45) is 8.27. The van der Waals surface area contributed by atoms with Gasteiger partial charge in [-0.15, -0.1) is 0 Å². The van der Waals surface area contributed by atoms with Crippen molar-refractivity contribution in [3.63, 3.8) is 0 Å². The second-order valence-electron chi connectivity index (χ2n) is 11.1. The molecule has 2 aromatic carbocycles. The largest absolute Gasteiger partial charge is 0.467 e. The average Bonchev–Trinajstić information content (AvgIpc) is 3.36. The predicted molar refractivity (Wildman–Crippen MR) is 134 cm³/mol. The third-order valence-electron chi connectivity index (χ3n) is 8.29. The van der Waals surface area contributed by atoms with Gasteiger partial charge in [0.1, 0.15) is 22.2 Å². The molecular weight excluding hydrogens is 493 g/mol. The molecule has 4 aliphatic rings. The van der Waals surface area contributed by atoms with Crippen LogP contribution in [0.2, 0.25) is 0 Å². The van der Waals surface area contributed by atoms with Gasteiger partial charge in [-0.2, -0.15) is 8.42 Å². The number of hydrogen-bond donors (Lipinski definition) is 0. The Morgan fingerprint density at radius 1 is 0.946 bits per heavy atom. The number of benzene rings is 2. The lowest BCUT2D eigenvalue weighted by Crippen LogP contribution is -2.54. The van der Waals surface area contributed by atoms with Crippen LogP contribution in [0.25, 0.3) is 0 Å². The molecule has 3 aromatic rings. The van der Waals surface area contributed by atoms with E-state index in [0.29, 0.717) is 36.6 Å². The summed E-state index contributed by atoms with van der Waals surface area (Å²) in [5.74, 6) is 2.44. The van der Waals surface area contributed by atoms with Crippen molar-refractivity contribution in [2.45, 2.75) is 56.5 Å². The molecular formula is C29H30FNO5S. The molecule has 4 bridgehead atoms. The summed E-state index contributed by atoms with van der Waals surface area (Å²) < 4.78 is 49.6. The maximum Gasteiger partial charge on any atom is 0.339 e. The molecule has 1 amide bonds. The minimum absolute atomic E-state index is 0.129. The molecule has 0 saturated heterocycles. The second kappa shape index (κ2) is 9.31. The molecule has 0 N–H and O–H groups in total. The van der Waals surface area contributed by atoms with Crippen molar-refractivity contribution in [2.24, 2.45) is 23.2 Å². The number of hydrogen-bond acceptors (Lipinski definition) is 5. The van der Waals surface area contributed by atoms with Gasteiger partial charge in [0.15, 0.2) is 0 Å². The predicted octanol–water partition coefficient (Wildman–Crippen LogP) is 5.93. The van der Waals surface area contributed by atoms with Gasteiger partial charge in [0.25, 0.3) is 0 Å². The van der Waals surface area contributed by atoms with E-state index in [1.165, 1.54) is 31.4 Å². The van der Waals surface area contributed by atoms with Gasteiger partial charge in [-0.3, -0.25) is 4.79 Å². The zero-order chi connectivity index (χ0) is 25.6. The highest BCUT2D eigenvalue weighted by Crippen LogP contribution is 2.60. The summed E-state index contributed by atoms with van der Waals surface area (Å²) in [7, 11) is -4.13. The summed E-state index contributed by atoms with van der Waals surface area (Å²) in [5, 5.41) is 0. The lowest BCUT2D eigenvalue weighted by atomic mass is 9.49. The second-order valence-corrected chi connectivity index (χ2v) is 12.6. The Hall–Kier alpha value is -3.13. The number of carbonyl (C=O) groups is 1.